The summed E-state index contributed by atoms with van der Waals surface area (Å²) < 4.78 is 11.2. The molecule has 0 atom stereocenters. The van der Waals surface area contributed by atoms with Gasteiger partial charge in [0, 0.05) is 16.1 Å². The highest BCUT2D eigenvalue weighted by atomic mass is 35.5. The Bertz CT molecular complexity index is 1270. The highest BCUT2D eigenvalue weighted by Crippen LogP contribution is 2.23. The van der Waals surface area contributed by atoms with Gasteiger partial charge in [-0.15, -0.1) is 0 Å². The van der Waals surface area contributed by atoms with Crippen molar-refractivity contribution in [2.24, 2.45) is 5.10 Å². The van der Waals surface area contributed by atoms with E-state index in [4.69, 9.17) is 21.1 Å². The first-order valence-corrected chi connectivity index (χ1v) is 11.1. The fourth-order valence-corrected chi connectivity index (χ4v) is 3.32. The van der Waals surface area contributed by atoms with Crippen LogP contribution in [-0.4, -0.2) is 28.9 Å². The lowest BCUT2D eigenvalue weighted by Gasteiger charge is -2.08. The molecule has 1 aromatic heterocycles. The number of hydrogen-bond donors (Lipinski definition) is 2. The van der Waals surface area contributed by atoms with Gasteiger partial charge in [0.25, 0.3) is 5.91 Å². The maximum absolute atomic E-state index is 12.4. The quantitative estimate of drug-likeness (QED) is 0.248. The van der Waals surface area contributed by atoms with Gasteiger partial charge in [-0.05, 0) is 73.2 Å². The minimum Gasteiger partial charge on any atom is -0.494 e. The summed E-state index contributed by atoms with van der Waals surface area (Å²) >= 11 is 6.17. The number of hydrazone groups is 1. The molecule has 7 nitrogen and oxygen atoms in total. The average molecular weight is 475 g/mol. The second kappa shape index (κ2) is 11.2. The monoisotopic (exact) mass is 474 g/mol. The molecule has 0 unspecified atom stereocenters. The third kappa shape index (κ3) is 6.02. The summed E-state index contributed by atoms with van der Waals surface area (Å²) in [5.41, 5.74) is 6.04. The van der Waals surface area contributed by atoms with Crippen LogP contribution in [0.1, 0.15) is 28.5 Å². The van der Waals surface area contributed by atoms with E-state index in [2.05, 4.69) is 20.7 Å². The van der Waals surface area contributed by atoms with Gasteiger partial charge in [0.15, 0.2) is 0 Å². The van der Waals surface area contributed by atoms with Crippen molar-refractivity contribution < 1.29 is 14.3 Å². The minimum atomic E-state index is -0.388. The number of halogens is 1. The van der Waals surface area contributed by atoms with Crippen molar-refractivity contribution in [1.82, 2.24) is 15.6 Å². The number of nitrogens with one attached hydrogen (secondary N) is 2. The topological polar surface area (TPSA) is 88.6 Å². The van der Waals surface area contributed by atoms with E-state index < -0.39 is 0 Å². The van der Waals surface area contributed by atoms with Crippen molar-refractivity contribution in [3.63, 3.8) is 0 Å². The first kappa shape index (κ1) is 23.1. The Kier molecular flexibility index (Phi) is 7.57. The van der Waals surface area contributed by atoms with Crippen LogP contribution in [0.3, 0.4) is 0 Å². The number of benzene rings is 3. The molecule has 2 N–H and O–H groups in total. The number of H-pyrrole nitrogens is 1. The van der Waals surface area contributed by atoms with Crippen molar-refractivity contribution in [2.75, 3.05) is 6.61 Å². The molecule has 0 fully saturated rings. The summed E-state index contributed by atoms with van der Waals surface area (Å²) in [4.78, 5) is 12.4. The standard InChI is InChI=1S/C26H23ClN4O3/c1-2-33-21-11-7-18(8-12-21)16-28-31-26(32)25-15-24(29-30-25)19-9-13-22(14-10-19)34-17-20-5-3-4-6-23(20)27/h3-16H,2,17H2,1H3,(H,29,30)(H,31,32). The van der Waals surface area contributed by atoms with Crippen molar-refractivity contribution >= 4 is 23.7 Å². The first-order chi connectivity index (χ1) is 16.6. The number of hydrogen-bond acceptors (Lipinski definition) is 5. The van der Waals surface area contributed by atoms with Crippen molar-refractivity contribution in [1.29, 1.82) is 0 Å². The Morgan fingerprint density at radius 2 is 1.74 bits per heavy atom. The van der Waals surface area contributed by atoms with Gasteiger partial charge < -0.3 is 9.47 Å². The van der Waals surface area contributed by atoms with Crippen LogP contribution in [0, 0.1) is 0 Å². The maximum Gasteiger partial charge on any atom is 0.289 e. The molecule has 0 spiro atoms. The second-order valence-electron chi connectivity index (χ2n) is 7.27. The maximum atomic E-state index is 12.4. The second-order valence-corrected chi connectivity index (χ2v) is 7.68. The van der Waals surface area contributed by atoms with Crippen LogP contribution >= 0.6 is 11.6 Å². The third-order valence-corrected chi connectivity index (χ3v) is 5.26. The number of ether oxygens (including phenoxy) is 2. The zero-order chi connectivity index (χ0) is 23.8. The molecule has 0 radical (unpaired) electrons. The molecule has 0 aliphatic heterocycles. The average Bonchev–Trinajstić information content (AvgIpc) is 3.36. The van der Waals surface area contributed by atoms with Crippen molar-refractivity contribution in [3.05, 3.63) is 101 Å². The van der Waals surface area contributed by atoms with Crippen LogP contribution in [0.4, 0.5) is 0 Å². The summed E-state index contributed by atoms with van der Waals surface area (Å²) in [6, 6.07) is 24.1. The van der Waals surface area contributed by atoms with Gasteiger partial charge in [0.05, 0.1) is 18.5 Å². The Morgan fingerprint density at radius 3 is 2.47 bits per heavy atom. The molecule has 1 amide bonds. The van der Waals surface area contributed by atoms with E-state index in [1.165, 1.54) is 0 Å². The minimum absolute atomic E-state index is 0.304. The molecule has 8 heteroatoms. The van der Waals surface area contributed by atoms with E-state index in [0.29, 0.717) is 35.4 Å². The first-order valence-electron chi connectivity index (χ1n) is 10.7. The molecule has 1 heterocycles. The van der Waals surface area contributed by atoms with Crippen molar-refractivity contribution in [3.8, 4) is 22.8 Å². The fourth-order valence-electron chi connectivity index (χ4n) is 3.13. The van der Waals surface area contributed by atoms with Gasteiger partial charge in [0.1, 0.15) is 23.8 Å². The Hall–Kier alpha value is -4.10. The third-order valence-electron chi connectivity index (χ3n) is 4.90. The van der Waals surface area contributed by atoms with E-state index >= 15 is 0 Å². The lowest BCUT2D eigenvalue weighted by atomic mass is 10.1. The summed E-state index contributed by atoms with van der Waals surface area (Å²) in [5, 5.41) is 11.6. The van der Waals surface area contributed by atoms with Gasteiger partial charge in [0.2, 0.25) is 0 Å². The molecule has 0 saturated carbocycles. The molecule has 0 saturated heterocycles. The SMILES string of the molecule is CCOc1ccc(C=NNC(=O)c2cc(-c3ccc(OCc4ccccc4Cl)cc3)n[nH]2)cc1. The number of rotatable bonds is 9. The molecule has 3 aromatic carbocycles. The number of aromatic nitrogens is 2. The molecule has 172 valence electrons. The largest absolute Gasteiger partial charge is 0.494 e. The van der Waals surface area contributed by atoms with E-state index in [9.17, 15) is 4.79 Å². The summed E-state index contributed by atoms with van der Waals surface area (Å²) in [6.07, 6.45) is 1.56. The molecule has 0 aliphatic carbocycles. The molecular formula is C26H23ClN4O3. The van der Waals surface area contributed by atoms with Gasteiger partial charge >= 0.3 is 0 Å². The van der Waals surface area contributed by atoms with Crippen LogP contribution in [-0.2, 0) is 6.61 Å². The highest BCUT2D eigenvalue weighted by molar-refractivity contribution is 6.31. The van der Waals surface area contributed by atoms with Crippen LogP contribution in [0.5, 0.6) is 11.5 Å². The Morgan fingerprint density at radius 1 is 1.03 bits per heavy atom. The van der Waals surface area contributed by atoms with Gasteiger partial charge in [-0.1, -0.05) is 29.8 Å². The summed E-state index contributed by atoms with van der Waals surface area (Å²) in [5.74, 6) is 1.11. The number of aromatic amines is 1. The van der Waals surface area contributed by atoms with E-state index in [0.717, 1.165) is 22.4 Å². The zero-order valence-corrected chi connectivity index (χ0v) is 19.3. The molecule has 4 aromatic rings. The lowest BCUT2D eigenvalue weighted by molar-refractivity contribution is 0.0950. The van der Waals surface area contributed by atoms with Gasteiger partial charge in [-0.3, -0.25) is 9.89 Å². The highest BCUT2D eigenvalue weighted by Gasteiger charge is 2.11. The number of carbonyl (C=O) groups excluding carboxylic acids is 1. The van der Waals surface area contributed by atoms with Gasteiger partial charge in [-0.25, -0.2) is 5.43 Å². The van der Waals surface area contributed by atoms with Crippen molar-refractivity contribution in [2.45, 2.75) is 13.5 Å². The van der Waals surface area contributed by atoms with E-state index in [1.807, 2.05) is 79.7 Å². The fraction of sp³-hybridized carbons (Fsp3) is 0.115. The normalized spacial score (nSPS) is 10.9. The molecule has 0 aliphatic rings. The number of carbonyl (C=O) groups is 1. The van der Waals surface area contributed by atoms with E-state index in [-0.39, 0.29) is 5.91 Å². The molecular weight excluding hydrogens is 452 g/mol. The summed E-state index contributed by atoms with van der Waals surface area (Å²) in [6.45, 7) is 2.92. The number of nitrogens with zero attached hydrogens (tertiary/aromatic N) is 2. The Labute approximate surface area is 202 Å². The smallest absolute Gasteiger partial charge is 0.289 e. The predicted octanol–water partition coefficient (Wildman–Crippen LogP) is 5.47. The number of amides is 1. The van der Waals surface area contributed by atoms with Crippen LogP contribution in [0.25, 0.3) is 11.3 Å². The predicted molar refractivity (Wildman–Crippen MR) is 132 cm³/mol. The summed E-state index contributed by atoms with van der Waals surface area (Å²) in [7, 11) is 0. The molecule has 0 bridgehead atoms. The Balaban J connectivity index is 1.32. The molecule has 4 rings (SSSR count). The van der Waals surface area contributed by atoms with Crippen LogP contribution < -0.4 is 14.9 Å². The van der Waals surface area contributed by atoms with Crippen LogP contribution in [0.2, 0.25) is 5.02 Å². The molecule has 34 heavy (non-hydrogen) atoms. The van der Waals surface area contributed by atoms with E-state index in [1.54, 1.807) is 12.3 Å². The van der Waals surface area contributed by atoms with Crippen LogP contribution in [0.15, 0.2) is 84.0 Å². The van der Waals surface area contributed by atoms with Gasteiger partial charge in [-0.2, -0.15) is 10.2 Å². The zero-order valence-electron chi connectivity index (χ0n) is 18.5. The lowest BCUT2D eigenvalue weighted by Crippen LogP contribution is -2.17.